The van der Waals surface area contributed by atoms with Gasteiger partial charge in [0.15, 0.2) is 0 Å². The first kappa shape index (κ1) is 14.6. The highest BCUT2D eigenvalue weighted by atomic mass is 19.1. The summed E-state index contributed by atoms with van der Waals surface area (Å²) in [6, 6.07) is 4.35. The summed E-state index contributed by atoms with van der Waals surface area (Å²) in [7, 11) is 0. The lowest BCUT2D eigenvalue weighted by Crippen LogP contribution is -2.38. The number of amides is 1. The molecule has 0 aliphatic rings. The summed E-state index contributed by atoms with van der Waals surface area (Å²) in [5.41, 5.74) is 6.87. The first-order valence-corrected chi connectivity index (χ1v) is 6.01. The number of aryl methyl sites for hydroxylation is 1. The third-order valence-electron chi connectivity index (χ3n) is 2.91. The standard InChI is InChI=1S/C14H21FN2O/c1-9-5-6-10(15)11(7-9)17-13(18)8-12(16)14(2,3)4/h5-7,12H,8,16H2,1-4H3,(H,17,18). The second-order valence-electron chi connectivity index (χ2n) is 5.71. The molecule has 0 fully saturated rings. The largest absolute Gasteiger partial charge is 0.327 e. The molecule has 0 aliphatic heterocycles. The molecule has 1 rings (SSSR count). The Morgan fingerprint density at radius 1 is 1.44 bits per heavy atom. The molecule has 0 aliphatic carbocycles. The number of carbonyl (C=O) groups excluding carboxylic acids is 1. The quantitative estimate of drug-likeness (QED) is 0.869. The second kappa shape index (κ2) is 5.48. The normalized spacial score (nSPS) is 13.2. The van der Waals surface area contributed by atoms with E-state index in [4.69, 9.17) is 5.73 Å². The first-order chi connectivity index (χ1) is 8.20. The van der Waals surface area contributed by atoms with E-state index in [1.165, 1.54) is 6.07 Å². The topological polar surface area (TPSA) is 55.1 Å². The minimum absolute atomic E-state index is 0.150. The Labute approximate surface area is 108 Å². The number of halogens is 1. The SMILES string of the molecule is Cc1ccc(F)c(NC(=O)CC(N)C(C)(C)C)c1. The van der Waals surface area contributed by atoms with Crippen LogP contribution in [0.15, 0.2) is 18.2 Å². The van der Waals surface area contributed by atoms with Crippen LogP contribution in [0.2, 0.25) is 0 Å². The van der Waals surface area contributed by atoms with Gasteiger partial charge in [0.05, 0.1) is 5.69 Å². The van der Waals surface area contributed by atoms with E-state index in [0.717, 1.165) is 5.56 Å². The van der Waals surface area contributed by atoms with Crippen molar-refractivity contribution in [1.82, 2.24) is 0 Å². The van der Waals surface area contributed by atoms with Crippen LogP contribution in [0.1, 0.15) is 32.8 Å². The molecule has 0 saturated carbocycles. The van der Waals surface area contributed by atoms with Gasteiger partial charge in [-0.1, -0.05) is 26.8 Å². The molecule has 0 bridgehead atoms. The molecule has 0 heterocycles. The lowest BCUT2D eigenvalue weighted by molar-refractivity contribution is -0.117. The van der Waals surface area contributed by atoms with E-state index in [2.05, 4.69) is 5.32 Å². The second-order valence-corrected chi connectivity index (χ2v) is 5.71. The predicted octanol–water partition coefficient (Wildman–Crippen LogP) is 2.84. The van der Waals surface area contributed by atoms with Gasteiger partial charge in [0, 0.05) is 12.5 Å². The Morgan fingerprint density at radius 3 is 2.61 bits per heavy atom. The van der Waals surface area contributed by atoms with E-state index in [9.17, 15) is 9.18 Å². The zero-order valence-electron chi connectivity index (χ0n) is 11.4. The monoisotopic (exact) mass is 252 g/mol. The number of nitrogens with two attached hydrogens (primary N) is 1. The van der Waals surface area contributed by atoms with Gasteiger partial charge >= 0.3 is 0 Å². The lowest BCUT2D eigenvalue weighted by Gasteiger charge is -2.26. The van der Waals surface area contributed by atoms with Crippen LogP contribution < -0.4 is 11.1 Å². The van der Waals surface area contributed by atoms with Crippen molar-refractivity contribution in [3.8, 4) is 0 Å². The molecule has 1 unspecified atom stereocenters. The molecule has 0 aromatic heterocycles. The molecule has 4 heteroatoms. The summed E-state index contributed by atoms with van der Waals surface area (Å²) in [5, 5.41) is 2.56. The molecule has 3 nitrogen and oxygen atoms in total. The van der Waals surface area contributed by atoms with Crippen LogP contribution in [0.25, 0.3) is 0 Å². The molecule has 1 atom stereocenters. The van der Waals surface area contributed by atoms with Crippen LogP contribution in [0, 0.1) is 18.2 Å². The Kier molecular flexibility index (Phi) is 4.46. The molecular weight excluding hydrogens is 231 g/mol. The van der Waals surface area contributed by atoms with E-state index in [1.807, 2.05) is 27.7 Å². The van der Waals surface area contributed by atoms with Gasteiger partial charge in [-0.2, -0.15) is 0 Å². The number of benzene rings is 1. The fourth-order valence-electron chi connectivity index (χ4n) is 1.44. The van der Waals surface area contributed by atoms with E-state index < -0.39 is 5.82 Å². The molecule has 0 spiro atoms. The van der Waals surface area contributed by atoms with Gasteiger partial charge in [0.25, 0.3) is 0 Å². The number of carbonyl (C=O) groups is 1. The van der Waals surface area contributed by atoms with Crippen LogP contribution in [0.4, 0.5) is 10.1 Å². The van der Waals surface area contributed by atoms with Gasteiger partial charge in [0.2, 0.25) is 5.91 Å². The summed E-state index contributed by atoms with van der Waals surface area (Å²) >= 11 is 0. The van der Waals surface area contributed by atoms with Gasteiger partial charge < -0.3 is 11.1 Å². The van der Waals surface area contributed by atoms with Crippen molar-refractivity contribution in [3.05, 3.63) is 29.6 Å². The summed E-state index contributed by atoms with van der Waals surface area (Å²) in [5.74, 6) is -0.694. The van der Waals surface area contributed by atoms with Crippen LogP contribution in [0.5, 0.6) is 0 Å². The van der Waals surface area contributed by atoms with Gasteiger partial charge in [-0.15, -0.1) is 0 Å². The van der Waals surface area contributed by atoms with Gasteiger partial charge in [-0.05, 0) is 30.0 Å². The molecule has 1 aromatic rings. The minimum atomic E-state index is -0.432. The Morgan fingerprint density at radius 2 is 2.06 bits per heavy atom. The van der Waals surface area contributed by atoms with Crippen molar-refractivity contribution in [2.75, 3.05) is 5.32 Å². The Bertz CT molecular complexity index is 438. The number of rotatable bonds is 3. The smallest absolute Gasteiger partial charge is 0.226 e. The molecular formula is C14H21FN2O. The maximum absolute atomic E-state index is 13.5. The zero-order valence-corrected chi connectivity index (χ0v) is 11.4. The summed E-state index contributed by atoms with van der Waals surface area (Å²) in [4.78, 5) is 11.8. The van der Waals surface area contributed by atoms with Crippen molar-refractivity contribution in [2.24, 2.45) is 11.1 Å². The number of hydrogen-bond acceptors (Lipinski definition) is 2. The fraction of sp³-hybridized carbons (Fsp3) is 0.500. The highest BCUT2D eigenvalue weighted by molar-refractivity contribution is 5.91. The number of anilines is 1. The minimum Gasteiger partial charge on any atom is -0.327 e. The van der Waals surface area contributed by atoms with E-state index in [-0.39, 0.29) is 29.5 Å². The molecule has 100 valence electrons. The van der Waals surface area contributed by atoms with Crippen molar-refractivity contribution in [2.45, 2.75) is 40.2 Å². The van der Waals surface area contributed by atoms with Crippen LogP contribution >= 0.6 is 0 Å². The third kappa shape index (κ3) is 4.11. The lowest BCUT2D eigenvalue weighted by atomic mass is 9.85. The van der Waals surface area contributed by atoms with Gasteiger partial charge in [-0.3, -0.25) is 4.79 Å². The Balaban J connectivity index is 2.68. The first-order valence-electron chi connectivity index (χ1n) is 6.01. The summed E-state index contributed by atoms with van der Waals surface area (Å²) < 4.78 is 13.5. The van der Waals surface area contributed by atoms with E-state index >= 15 is 0 Å². The Hall–Kier alpha value is -1.42. The molecule has 0 radical (unpaired) electrons. The average molecular weight is 252 g/mol. The average Bonchev–Trinajstić information content (AvgIpc) is 2.22. The number of hydrogen-bond donors (Lipinski definition) is 2. The van der Waals surface area contributed by atoms with Gasteiger partial charge in [0.1, 0.15) is 5.82 Å². The molecule has 18 heavy (non-hydrogen) atoms. The van der Waals surface area contributed by atoms with Gasteiger partial charge in [-0.25, -0.2) is 4.39 Å². The third-order valence-corrected chi connectivity index (χ3v) is 2.91. The maximum Gasteiger partial charge on any atom is 0.226 e. The van der Waals surface area contributed by atoms with Crippen LogP contribution in [-0.4, -0.2) is 11.9 Å². The number of nitrogens with one attached hydrogen (secondary N) is 1. The van der Waals surface area contributed by atoms with Crippen LogP contribution in [-0.2, 0) is 4.79 Å². The van der Waals surface area contributed by atoms with Crippen molar-refractivity contribution >= 4 is 11.6 Å². The highest BCUT2D eigenvalue weighted by Gasteiger charge is 2.23. The summed E-state index contributed by atoms with van der Waals surface area (Å²) in [6.45, 7) is 7.75. The predicted molar refractivity (Wildman–Crippen MR) is 71.8 cm³/mol. The highest BCUT2D eigenvalue weighted by Crippen LogP contribution is 2.21. The maximum atomic E-state index is 13.5. The molecule has 1 amide bonds. The zero-order chi connectivity index (χ0) is 13.9. The van der Waals surface area contributed by atoms with Crippen molar-refractivity contribution in [3.63, 3.8) is 0 Å². The fourth-order valence-corrected chi connectivity index (χ4v) is 1.44. The van der Waals surface area contributed by atoms with E-state index in [1.54, 1.807) is 12.1 Å². The van der Waals surface area contributed by atoms with E-state index in [0.29, 0.717) is 0 Å². The van der Waals surface area contributed by atoms with Crippen LogP contribution in [0.3, 0.4) is 0 Å². The van der Waals surface area contributed by atoms with Crippen molar-refractivity contribution in [1.29, 1.82) is 0 Å². The van der Waals surface area contributed by atoms with Crippen molar-refractivity contribution < 1.29 is 9.18 Å². The molecule has 3 N–H and O–H groups in total. The molecule has 0 saturated heterocycles. The molecule has 1 aromatic carbocycles. The summed E-state index contributed by atoms with van der Waals surface area (Å²) in [6.07, 6.45) is 0.177.